The van der Waals surface area contributed by atoms with E-state index in [1.165, 1.54) is 31.0 Å². The van der Waals surface area contributed by atoms with Crippen molar-refractivity contribution in [2.75, 3.05) is 24.1 Å². The van der Waals surface area contributed by atoms with Crippen LogP contribution in [0.5, 0.6) is 0 Å². The van der Waals surface area contributed by atoms with Gasteiger partial charge >= 0.3 is 0 Å². The third-order valence-corrected chi connectivity index (χ3v) is 3.36. The van der Waals surface area contributed by atoms with Crippen molar-refractivity contribution in [1.82, 2.24) is 4.90 Å². The number of halogens is 1. The molecular weight excluding hydrogens is 245 g/mol. The van der Waals surface area contributed by atoms with E-state index in [2.05, 4.69) is 17.1 Å². The number of hydrogen-bond acceptors (Lipinski definition) is 3. The molecule has 5 heteroatoms. The minimum Gasteiger partial charge on any atom is -0.399 e. The third kappa shape index (κ3) is 3.92. The zero-order valence-electron chi connectivity index (χ0n) is 11.2. The lowest BCUT2D eigenvalue weighted by Gasteiger charge is -2.19. The zero-order valence-corrected chi connectivity index (χ0v) is 11.2. The second kappa shape index (κ2) is 6.02. The number of carbonyl (C=O) groups is 1. The summed E-state index contributed by atoms with van der Waals surface area (Å²) in [6.45, 7) is 3.76. The molecule has 1 aromatic carbocycles. The second-order valence-corrected chi connectivity index (χ2v) is 4.90. The molecule has 0 spiro atoms. The molecule has 1 aliphatic carbocycles. The molecule has 3 N–H and O–H groups in total. The smallest absolute Gasteiger partial charge is 0.225 e. The monoisotopic (exact) mass is 265 g/mol. The Labute approximate surface area is 112 Å². The van der Waals surface area contributed by atoms with E-state index in [1.54, 1.807) is 0 Å². The number of carbonyl (C=O) groups excluding carboxylic acids is 1. The van der Waals surface area contributed by atoms with E-state index in [9.17, 15) is 9.18 Å². The summed E-state index contributed by atoms with van der Waals surface area (Å²) < 4.78 is 13.5. The molecule has 0 heterocycles. The lowest BCUT2D eigenvalue weighted by molar-refractivity contribution is -0.116. The molecule has 1 saturated carbocycles. The van der Waals surface area contributed by atoms with Gasteiger partial charge in [-0.05, 0) is 37.6 Å². The van der Waals surface area contributed by atoms with Crippen LogP contribution in [0.25, 0.3) is 0 Å². The molecule has 0 unspecified atom stereocenters. The molecule has 1 aromatic rings. The van der Waals surface area contributed by atoms with Crippen LogP contribution in [0.2, 0.25) is 0 Å². The summed E-state index contributed by atoms with van der Waals surface area (Å²) in [4.78, 5) is 14.1. The number of amides is 1. The van der Waals surface area contributed by atoms with Crippen molar-refractivity contribution in [3.05, 3.63) is 24.0 Å². The van der Waals surface area contributed by atoms with E-state index in [1.807, 2.05) is 0 Å². The van der Waals surface area contributed by atoms with Crippen LogP contribution in [0, 0.1) is 5.82 Å². The summed E-state index contributed by atoms with van der Waals surface area (Å²) in [5.41, 5.74) is 6.16. The predicted octanol–water partition coefficient (Wildman–Crippen LogP) is 2.22. The number of rotatable bonds is 6. The van der Waals surface area contributed by atoms with Crippen LogP contribution >= 0.6 is 0 Å². The molecule has 4 nitrogen and oxygen atoms in total. The summed E-state index contributed by atoms with van der Waals surface area (Å²) in [6.07, 6.45) is 2.82. The number of nitrogens with one attached hydrogen (secondary N) is 1. The van der Waals surface area contributed by atoms with Crippen LogP contribution in [0.1, 0.15) is 26.2 Å². The first-order chi connectivity index (χ1) is 9.10. The van der Waals surface area contributed by atoms with E-state index in [4.69, 9.17) is 5.73 Å². The molecule has 1 aliphatic rings. The lowest BCUT2D eigenvalue weighted by atomic mass is 10.2. The van der Waals surface area contributed by atoms with Crippen molar-refractivity contribution in [3.8, 4) is 0 Å². The lowest BCUT2D eigenvalue weighted by Crippen LogP contribution is -2.29. The minimum atomic E-state index is -0.461. The average molecular weight is 265 g/mol. The Morgan fingerprint density at radius 1 is 1.53 bits per heavy atom. The molecule has 1 fully saturated rings. The van der Waals surface area contributed by atoms with Gasteiger partial charge in [-0.3, -0.25) is 4.79 Å². The van der Waals surface area contributed by atoms with Crippen molar-refractivity contribution in [2.24, 2.45) is 0 Å². The number of hydrogen-bond donors (Lipinski definition) is 2. The largest absolute Gasteiger partial charge is 0.399 e. The van der Waals surface area contributed by atoms with Gasteiger partial charge in [0.15, 0.2) is 0 Å². The maximum absolute atomic E-state index is 13.5. The molecule has 0 aromatic heterocycles. The van der Waals surface area contributed by atoms with Gasteiger partial charge in [0.05, 0.1) is 5.69 Å². The summed E-state index contributed by atoms with van der Waals surface area (Å²) >= 11 is 0. The van der Waals surface area contributed by atoms with E-state index in [0.29, 0.717) is 18.2 Å². The van der Waals surface area contributed by atoms with Crippen LogP contribution in [0.3, 0.4) is 0 Å². The van der Waals surface area contributed by atoms with Gasteiger partial charge in [-0.1, -0.05) is 6.92 Å². The number of anilines is 2. The van der Waals surface area contributed by atoms with E-state index < -0.39 is 5.82 Å². The number of nitrogen functional groups attached to an aromatic ring is 1. The minimum absolute atomic E-state index is 0.152. The summed E-state index contributed by atoms with van der Waals surface area (Å²) in [6, 6.07) is 4.80. The van der Waals surface area contributed by atoms with Gasteiger partial charge in [-0.15, -0.1) is 0 Å². The fourth-order valence-corrected chi connectivity index (χ4v) is 2.14. The van der Waals surface area contributed by atoms with Gasteiger partial charge < -0.3 is 16.0 Å². The molecule has 19 heavy (non-hydrogen) atoms. The maximum atomic E-state index is 13.5. The fourth-order valence-electron chi connectivity index (χ4n) is 2.14. The van der Waals surface area contributed by atoms with E-state index in [-0.39, 0.29) is 11.6 Å². The van der Waals surface area contributed by atoms with Gasteiger partial charge in [0.2, 0.25) is 5.91 Å². The molecule has 2 rings (SSSR count). The Kier molecular flexibility index (Phi) is 4.37. The quantitative estimate of drug-likeness (QED) is 0.775. The highest BCUT2D eigenvalue weighted by atomic mass is 19.1. The standard InChI is InChI=1S/C14H20FN3O/c1-2-18(11-4-5-11)8-7-14(19)17-13-9-10(16)3-6-12(13)15/h3,6,9,11H,2,4-5,7-8,16H2,1H3,(H,17,19). The maximum Gasteiger partial charge on any atom is 0.225 e. The normalized spacial score (nSPS) is 14.7. The first-order valence-corrected chi connectivity index (χ1v) is 6.69. The fraction of sp³-hybridized carbons (Fsp3) is 0.500. The van der Waals surface area contributed by atoms with Crippen molar-refractivity contribution in [3.63, 3.8) is 0 Å². The average Bonchev–Trinajstić information content (AvgIpc) is 3.19. The molecular formula is C14H20FN3O. The van der Waals surface area contributed by atoms with Crippen LogP contribution in [-0.4, -0.2) is 29.9 Å². The second-order valence-electron chi connectivity index (χ2n) is 4.90. The highest BCUT2D eigenvalue weighted by Crippen LogP contribution is 2.26. The van der Waals surface area contributed by atoms with E-state index in [0.717, 1.165) is 13.1 Å². The number of benzene rings is 1. The van der Waals surface area contributed by atoms with Crippen LogP contribution in [0.4, 0.5) is 15.8 Å². The van der Waals surface area contributed by atoms with Gasteiger partial charge in [0.1, 0.15) is 5.82 Å². The van der Waals surface area contributed by atoms with Gasteiger partial charge in [0, 0.05) is 24.7 Å². The molecule has 0 saturated heterocycles. The van der Waals surface area contributed by atoms with Crippen LogP contribution < -0.4 is 11.1 Å². The first kappa shape index (κ1) is 13.8. The van der Waals surface area contributed by atoms with Gasteiger partial charge in [-0.2, -0.15) is 0 Å². The molecule has 0 aliphatic heterocycles. The summed E-state index contributed by atoms with van der Waals surface area (Å²) in [7, 11) is 0. The highest BCUT2D eigenvalue weighted by Gasteiger charge is 2.27. The zero-order chi connectivity index (χ0) is 13.8. The molecule has 0 bridgehead atoms. The van der Waals surface area contributed by atoms with Crippen molar-refractivity contribution in [2.45, 2.75) is 32.2 Å². The predicted molar refractivity (Wildman–Crippen MR) is 74.3 cm³/mol. The van der Waals surface area contributed by atoms with Gasteiger partial charge in [0.25, 0.3) is 0 Å². The Morgan fingerprint density at radius 2 is 2.26 bits per heavy atom. The van der Waals surface area contributed by atoms with Crippen LogP contribution in [0.15, 0.2) is 18.2 Å². The van der Waals surface area contributed by atoms with Crippen molar-refractivity contribution < 1.29 is 9.18 Å². The van der Waals surface area contributed by atoms with Gasteiger partial charge in [-0.25, -0.2) is 4.39 Å². The first-order valence-electron chi connectivity index (χ1n) is 6.69. The summed E-state index contributed by atoms with van der Waals surface area (Å²) in [5.74, 6) is -0.638. The summed E-state index contributed by atoms with van der Waals surface area (Å²) in [5, 5.41) is 2.57. The molecule has 104 valence electrons. The number of nitrogens with two attached hydrogens (primary N) is 1. The highest BCUT2D eigenvalue weighted by molar-refractivity contribution is 5.91. The Bertz CT molecular complexity index is 460. The molecule has 0 radical (unpaired) electrons. The third-order valence-electron chi connectivity index (χ3n) is 3.36. The van der Waals surface area contributed by atoms with Crippen molar-refractivity contribution >= 4 is 17.3 Å². The Morgan fingerprint density at radius 3 is 2.89 bits per heavy atom. The topological polar surface area (TPSA) is 58.4 Å². The number of nitrogens with zero attached hydrogens (tertiary/aromatic N) is 1. The Hall–Kier alpha value is -1.62. The molecule has 1 amide bonds. The Balaban J connectivity index is 1.84. The van der Waals surface area contributed by atoms with E-state index >= 15 is 0 Å². The van der Waals surface area contributed by atoms with Crippen LogP contribution in [-0.2, 0) is 4.79 Å². The van der Waals surface area contributed by atoms with Crippen molar-refractivity contribution in [1.29, 1.82) is 0 Å². The molecule has 0 atom stereocenters. The SMILES string of the molecule is CCN(CCC(=O)Nc1cc(N)ccc1F)C1CC1.